The number of nitrogens with one attached hydrogen (secondary N) is 2. The van der Waals surface area contributed by atoms with Crippen LogP contribution < -0.4 is 10.6 Å². The van der Waals surface area contributed by atoms with Crippen molar-refractivity contribution in [3.63, 3.8) is 0 Å². The lowest BCUT2D eigenvalue weighted by Gasteiger charge is -2.12. The van der Waals surface area contributed by atoms with E-state index in [-0.39, 0.29) is 23.2 Å². The molecule has 0 saturated carbocycles. The Morgan fingerprint density at radius 3 is 2.57 bits per heavy atom. The average Bonchev–Trinajstić information content (AvgIpc) is 2.45. The highest BCUT2D eigenvalue weighted by molar-refractivity contribution is 6.31. The zero-order valence-corrected chi connectivity index (χ0v) is 12.6. The molecule has 0 bridgehead atoms. The van der Waals surface area contributed by atoms with Crippen LogP contribution in [-0.2, 0) is 4.79 Å². The van der Waals surface area contributed by atoms with Gasteiger partial charge in [-0.05, 0) is 43.2 Å². The highest BCUT2D eigenvalue weighted by atomic mass is 35.5. The highest BCUT2D eigenvalue weighted by Gasteiger charge is 2.09. The molecule has 2 aromatic rings. The first-order chi connectivity index (χ1) is 9.99. The number of hydrogen-bond donors (Lipinski definition) is 2. The molecular formula is C16H16ClFN2O. The Balaban J connectivity index is 1.99. The van der Waals surface area contributed by atoms with E-state index in [4.69, 9.17) is 11.6 Å². The number of carbonyl (C=O) groups is 1. The summed E-state index contributed by atoms with van der Waals surface area (Å²) in [5, 5.41) is 5.56. The van der Waals surface area contributed by atoms with E-state index in [0.29, 0.717) is 0 Å². The lowest BCUT2D eigenvalue weighted by molar-refractivity contribution is -0.114. The Hall–Kier alpha value is -2.07. The van der Waals surface area contributed by atoms with Crippen molar-refractivity contribution in [2.75, 3.05) is 17.2 Å². The monoisotopic (exact) mass is 306 g/mol. The fourth-order valence-electron chi connectivity index (χ4n) is 1.90. The van der Waals surface area contributed by atoms with Crippen molar-refractivity contribution in [2.24, 2.45) is 0 Å². The van der Waals surface area contributed by atoms with E-state index in [2.05, 4.69) is 10.6 Å². The summed E-state index contributed by atoms with van der Waals surface area (Å²) in [6.07, 6.45) is 0. The van der Waals surface area contributed by atoms with Crippen LogP contribution in [0, 0.1) is 19.7 Å². The predicted octanol–water partition coefficient (Wildman–Crippen LogP) is 4.15. The molecule has 21 heavy (non-hydrogen) atoms. The summed E-state index contributed by atoms with van der Waals surface area (Å²) in [5.74, 6) is -0.804. The van der Waals surface area contributed by atoms with Gasteiger partial charge in [0, 0.05) is 5.69 Å². The quantitative estimate of drug-likeness (QED) is 0.891. The van der Waals surface area contributed by atoms with Crippen LogP contribution in [0.4, 0.5) is 15.8 Å². The van der Waals surface area contributed by atoms with Gasteiger partial charge < -0.3 is 10.6 Å². The largest absolute Gasteiger partial charge is 0.374 e. The number of hydrogen-bond acceptors (Lipinski definition) is 2. The highest BCUT2D eigenvalue weighted by Crippen LogP contribution is 2.22. The topological polar surface area (TPSA) is 41.1 Å². The second-order valence-electron chi connectivity index (χ2n) is 4.75. The SMILES string of the molecule is Cc1cccc(NC(=O)CNc2cccc(Cl)c2F)c1C. The van der Waals surface area contributed by atoms with E-state index in [9.17, 15) is 9.18 Å². The molecule has 0 atom stereocenters. The van der Waals surface area contributed by atoms with E-state index in [0.717, 1.165) is 16.8 Å². The number of rotatable bonds is 4. The Bertz CT molecular complexity index is 673. The minimum absolute atomic E-state index is 0.0231. The number of amides is 1. The number of anilines is 2. The third kappa shape index (κ3) is 3.73. The van der Waals surface area contributed by atoms with Gasteiger partial charge >= 0.3 is 0 Å². The van der Waals surface area contributed by atoms with Gasteiger partial charge in [-0.25, -0.2) is 4.39 Å². The Morgan fingerprint density at radius 2 is 1.81 bits per heavy atom. The van der Waals surface area contributed by atoms with Crippen molar-refractivity contribution in [1.82, 2.24) is 0 Å². The Labute approximate surface area is 128 Å². The van der Waals surface area contributed by atoms with Crippen molar-refractivity contribution in [1.29, 1.82) is 0 Å². The summed E-state index contributed by atoms with van der Waals surface area (Å²) in [6, 6.07) is 10.3. The first-order valence-corrected chi connectivity index (χ1v) is 6.91. The molecule has 0 aliphatic heterocycles. The molecule has 0 heterocycles. The molecule has 0 unspecified atom stereocenters. The molecule has 1 amide bonds. The molecule has 5 heteroatoms. The van der Waals surface area contributed by atoms with E-state index in [1.807, 2.05) is 32.0 Å². The number of benzene rings is 2. The minimum atomic E-state index is -0.557. The molecule has 2 aromatic carbocycles. The smallest absolute Gasteiger partial charge is 0.243 e. The summed E-state index contributed by atoms with van der Waals surface area (Å²) in [7, 11) is 0. The molecule has 0 radical (unpaired) electrons. The summed E-state index contributed by atoms with van der Waals surface area (Å²) in [6.45, 7) is 3.88. The van der Waals surface area contributed by atoms with E-state index >= 15 is 0 Å². The summed E-state index contributed by atoms with van der Waals surface area (Å²) in [5.41, 5.74) is 3.08. The van der Waals surface area contributed by atoms with Gasteiger partial charge in [-0.15, -0.1) is 0 Å². The van der Waals surface area contributed by atoms with Gasteiger partial charge in [0.15, 0.2) is 5.82 Å². The van der Waals surface area contributed by atoms with Crippen molar-refractivity contribution in [3.05, 3.63) is 58.4 Å². The van der Waals surface area contributed by atoms with Crippen molar-refractivity contribution < 1.29 is 9.18 Å². The normalized spacial score (nSPS) is 10.3. The van der Waals surface area contributed by atoms with Crippen molar-refractivity contribution in [3.8, 4) is 0 Å². The summed E-state index contributed by atoms with van der Waals surface area (Å²) in [4.78, 5) is 11.9. The van der Waals surface area contributed by atoms with Crippen LogP contribution in [0.25, 0.3) is 0 Å². The Kier molecular flexibility index (Phi) is 4.81. The molecule has 2 rings (SSSR count). The maximum atomic E-state index is 13.7. The van der Waals surface area contributed by atoms with Crippen LogP contribution in [0.5, 0.6) is 0 Å². The lowest BCUT2D eigenvalue weighted by atomic mass is 10.1. The second-order valence-corrected chi connectivity index (χ2v) is 5.16. The minimum Gasteiger partial charge on any atom is -0.374 e. The molecule has 0 aliphatic rings. The summed E-state index contributed by atoms with van der Waals surface area (Å²) < 4.78 is 13.7. The molecule has 0 aliphatic carbocycles. The van der Waals surface area contributed by atoms with Gasteiger partial charge in [-0.2, -0.15) is 0 Å². The molecular weight excluding hydrogens is 291 g/mol. The van der Waals surface area contributed by atoms with E-state index < -0.39 is 5.82 Å². The van der Waals surface area contributed by atoms with Crippen LogP contribution in [0.3, 0.4) is 0 Å². The average molecular weight is 307 g/mol. The maximum absolute atomic E-state index is 13.7. The standard InChI is InChI=1S/C16H16ClFN2O/c1-10-5-3-7-13(11(10)2)20-15(21)9-19-14-8-4-6-12(17)16(14)18/h3-8,19H,9H2,1-2H3,(H,20,21). The van der Waals surface area contributed by atoms with Crippen molar-refractivity contribution >= 4 is 28.9 Å². The van der Waals surface area contributed by atoms with Gasteiger partial charge in [-0.1, -0.05) is 29.8 Å². The van der Waals surface area contributed by atoms with Crippen molar-refractivity contribution in [2.45, 2.75) is 13.8 Å². The molecule has 110 valence electrons. The van der Waals surface area contributed by atoms with Crippen LogP contribution in [0.2, 0.25) is 5.02 Å². The van der Waals surface area contributed by atoms with E-state index in [1.165, 1.54) is 12.1 Å². The second kappa shape index (κ2) is 6.59. The van der Waals surface area contributed by atoms with Crippen LogP contribution in [0.15, 0.2) is 36.4 Å². The summed E-state index contributed by atoms with van der Waals surface area (Å²) >= 11 is 5.68. The third-order valence-corrected chi connectivity index (χ3v) is 3.56. The zero-order chi connectivity index (χ0) is 15.4. The molecule has 0 aromatic heterocycles. The van der Waals surface area contributed by atoms with Gasteiger partial charge in [0.2, 0.25) is 5.91 Å². The van der Waals surface area contributed by atoms with Gasteiger partial charge in [0.25, 0.3) is 0 Å². The zero-order valence-electron chi connectivity index (χ0n) is 11.8. The molecule has 0 saturated heterocycles. The first kappa shape index (κ1) is 15.3. The number of aryl methyl sites for hydroxylation is 1. The lowest BCUT2D eigenvalue weighted by Crippen LogP contribution is -2.22. The fourth-order valence-corrected chi connectivity index (χ4v) is 2.07. The van der Waals surface area contributed by atoms with Crippen LogP contribution in [0.1, 0.15) is 11.1 Å². The first-order valence-electron chi connectivity index (χ1n) is 6.53. The Morgan fingerprint density at radius 1 is 1.14 bits per heavy atom. The third-order valence-electron chi connectivity index (χ3n) is 3.27. The maximum Gasteiger partial charge on any atom is 0.243 e. The number of halogens is 2. The molecule has 0 spiro atoms. The number of carbonyl (C=O) groups excluding carboxylic acids is 1. The fraction of sp³-hybridized carbons (Fsp3) is 0.188. The van der Waals surface area contributed by atoms with E-state index in [1.54, 1.807) is 6.07 Å². The molecule has 0 fully saturated rings. The van der Waals surface area contributed by atoms with Gasteiger partial charge in [-0.3, -0.25) is 4.79 Å². The van der Waals surface area contributed by atoms with Crippen LogP contribution >= 0.6 is 11.6 Å². The van der Waals surface area contributed by atoms with Gasteiger partial charge in [0.1, 0.15) is 0 Å². The molecule has 2 N–H and O–H groups in total. The molecule has 3 nitrogen and oxygen atoms in total. The van der Waals surface area contributed by atoms with Crippen LogP contribution in [-0.4, -0.2) is 12.5 Å². The van der Waals surface area contributed by atoms with Gasteiger partial charge in [0.05, 0.1) is 17.3 Å². The predicted molar refractivity (Wildman–Crippen MR) is 84.4 cm³/mol.